The monoisotopic (exact) mass is 459 g/mol. The van der Waals surface area contributed by atoms with Crippen molar-refractivity contribution in [1.82, 2.24) is 9.80 Å². The third-order valence-electron chi connectivity index (χ3n) is 6.15. The largest absolute Gasteiger partial charge is 0.450 e. The Labute approximate surface area is 192 Å². The normalized spacial score (nSPS) is 17.5. The highest BCUT2D eigenvalue weighted by Gasteiger charge is 2.34. The molecule has 2 amide bonds. The fourth-order valence-electron chi connectivity index (χ4n) is 4.75. The number of thiophene rings is 1. The van der Waals surface area contributed by atoms with Crippen LogP contribution in [-0.4, -0.2) is 54.6 Å². The first-order chi connectivity index (χ1) is 15.5. The Hall–Kier alpha value is -2.45. The summed E-state index contributed by atoms with van der Waals surface area (Å²) in [6.45, 7) is 6.06. The van der Waals surface area contributed by atoms with Crippen molar-refractivity contribution in [3.63, 3.8) is 0 Å². The van der Waals surface area contributed by atoms with E-state index in [9.17, 15) is 14.0 Å². The number of ether oxygens (including phenoxy) is 1. The summed E-state index contributed by atoms with van der Waals surface area (Å²) >= 11 is 1.66. The molecule has 2 heterocycles. The second-order valence-corrected chi connectivity index (χ2v) is 9.42. The quantitative estimate of drug-likeness (QED) is 0.711. The van der Waals surface area contributed by atoms with Crippen molar-refractivity contribution >= 4 is 28.3 Å². The molecule has 1 unspecified atom stereocenters. The third kappa shape index (κ3) is 4.81. The summed E-state index contributed by atoms with van der Waals surface area (Å²) < 4.78 is 19.4. The van der Waals surface area contributed by atoms with Crippen LogP contribution in [0.2, 0.25) is 0 Å². The maximum Gasteiger partial charge on any atom is 0.409 e. The number of nitrogens with one attached hydrogen (secondary N) is 1. The van der Waals surface area contributed by atoms with Crippen molar-refractivity contribution < 1.29 is 18.7 Å². The molecule has 2 aromatic rings. The van der Waals surface area contributed by atoms with Gasteiger partial charge in [-0.15, -0.1) is 11.3 Å². The minimum absolute atomic E-state index is 0.102. The Morgan fingerprint density at radius 1 is 1.19 bits per heavy atom. The molecular weight excluding hydrogens is 429 g/mol. The van der Waals surface area contributed by atoms with E-state index in [0.717, 1.165) is 41.8 Å². The summed E-state index contributed by atoms with van der Waals surface area (Å²) in [4.78, 5) is 29.5. The van der Waals surface area contributed by atoms with E-state index in [1.807, 2.05) is 6.07 Å². The van der Waals surface area contributed by atoms with Crippen LogP contribution in [0.5, 0.6) is 0 Å². The van der Waals surface area contributed by atoms with Gasteiger partial charge >= 0.3 is 6.09 Å². The fraction of sp³-hybridized carbons (Fsp3) is 0.500. The zero-order valence-electron chi connectivity index (χ0n) is 18.7. The number of hydrogen-bond acceptors (Lipinski definition) is 5. The Bertz CT molecular complexity index is 985. The van der Waals surface area contributed by atoms with Crippen LogP contribution in [0.1, 0.15) is 54.3 Å². The van der Waals surface area contributed by atoms with Crippen LogP contribution in [0.25, 0.3) is 0 Å². The molecule has 1 saturated heterocycles. The first kappa shape index (κ1) is 22.7. The number of nitrogens with zero attached hydrogens (tertiary/aromatic N) is 2. The van der Waals surface area contributed by atoms with Crippen LogP contribution in [0.15, 0.2) is 24.3 Å². The maximum absolute atomic E-state index is 14.3. The van der Waals surface area contributed by atoms with Gasteiger partial charge in [-0.05, 0) is 55.9 Å². The molecule has 32 heavy (non-hydrogen) atoms. The van der Waals surface area contributed by atoms with Gasteiger partial charge in [0.25, 0.3) is 0 Å². The van der Waals surface area contributed by atoms with Gasteiger partial charge in [-0.3, -0.25) is 9.69 Å². The molecule has 1 aliphatic heterocycles. The lowest BCUT2D eigenvalue weighted by Gasteiger charge is -2.40. The Balaban J connectivity index is 1.73. The molecule has 0 radical (unpaired) electrons. The molecular formula is C24H30FN3O3S. The second-order valence-electron chi connectivity index (χ2n) is 8.31. The number of anilines is 1. The van der Waals surface area contributed by atoms with E-state index >= 15 is 0 Å². The van der Waals surface area contributed by atoms with Crippen molar-refractivity contribution in [2.24, 2.45) is 0 Å². The van der Waals surface area contributed by atoms with Crippen molar-refractivity contribution in [2.45, 2.75) is 45.6 Å². The predicted octanol–water partition coefficient (Wildman–Crippen LogP) is 4.59. The number of carbonyl (C=O) groups is 2. The van der Waals surface area contributed by atoms with Crippen molar-refractivity contribution in [2.75, 3.05) is 38.1 Å². The standard InChI is InChI=1S/C24H30FN3O3S/c1-3-31-24(30)28-13-11-27(12-14-28)22(17-7-6-8-18(25)15-17)21-19-9-4-5-10-20(19)32-23(21)26-16(2)29/h6-8,15,22H,3-5,9-14H2,1-2H3,(H,26,29). The average molecular weight is 460 g/mol. The van der Waals surface area contributed by atoms with Gasteiger partial charge in [0.2, 0.25) is 5.91 Å². The fourth-order valence-corrected chi connectivity index (χ4v) is 6.11. The molecule has 1 atom stereocenters. The van der Waals surface area contributed by atoms with Gasteiger partial charge in [-0.25, -0.2) is 9.18 Å². The molecule has 1 aromatic heterocycles. The molecule has 0 spiro atoms. The van der Waals surface area contributed by atoms with Crippen LogP contribution in [0.3, 0.4) is 0 Å². The molecule has 8 heteroatoms. The van der Waals surface area contributed by atoms with Gasteiger partial charge in [-0.2, -0.15) is 0 Å². The number of piperazine rings is 1. The molecule has 0 bridgehead atoms. The minimum atomic E-state index is -0.290. The molecule has 6 nitrogen and oxygen atoms in total. The second kappa shape index (κ2) is 10.0. The van der Waals surface area contributed by atoms with Gasteiger partial charge in [0.05, 0.1) is 12.6 Å². The van der Waals surface area contributed by atoms with Crippen LogP contribution < -0.4 is 5.32 Å². The number of halogens is 1. The lowest BCUT2D eigenvalue weighted by atomic mass is 9.88. The Morgan fingerprint density at radius 3 is 2.62 bits per heavy atom. The summed E-state index contributed by atoms with van der Waals surface area (Å²) in [6.07, 6.45) is 3.95. The maximum atomic E-state index is 14.3. The highest BCUT2D eigenvalue weighted by atomic mass is 32.1. The topological polar surface area (TPSA) is 61.9 Å². The zero-order valence-corrected chi connectivity index (χ0v) is 19.5. The van der Waals surface area contributed by atoms with E-state index in [4.69, 9.17) is 4.74 Å². The Kier molecular flexibility index (Phi) is 7.10. The van der Waals surface area contributed by atoms with Gasteiger partial charge in [0.15, 0.2) is 0 Å². The van der Waals surface area contributed by atoms with Gasteiger partial charge < -0.3 is 15.0 Å². The lowest BCUT2D eigenvalue weighted by Crippen LogP contribution is -2.50. The number of fused-ring (bicyclic) bond motifs is 1. The van der Waals surface area contributed by atoms with E-state index < -0.39 is 0 Å². The number of aryl methyl sites for hydroxylation is 1. The molecule has 1 fully saturated rings. The first-order valence-electron chi connectivity index (χ1n) is 11.3. The van der Waals surface area contributed by atoms with Gasteiger partial charge in [-0.1, -0.05) is 12.1 Å². The predicted molar refractivity (Wildman–Crippen MR) is 124 cm³/mol. The van der Waals surface area contributed by atoms with Crippen LogP contribution in [0, 0.1) is 5.82 Å². The SMILES string of the molecule is CCOC(=O)N1CCN(C(c2cccc(F)c2)c2c(NC(C)=O)sc3c2CCCC3)CC1. The molecule has 4 rings (SSSR count). The van der Waals surface area contributed by atoms with E-state index in [1.165, 1.54) is 23.4 Å². The highest BCUT2D eigenvalue weighted by molar-refractivity contribution is 7.16. The number of amides is 2. The van der Waals surface area contributed by atoms with Crippen molar-refractivity contribution in [3.8, 4) is 0 Å². The Morgan fingerprint density at radius 2 is 1.94 bits per heavy atom. The smallest absolute Gasteiger partial charge is 0.409 e. The van der Waals surface area contributed by atoms with E-state index in [-0.39, 0.29) is 23.9 Å². The third-order valence-corrected chi connectivity index (χ3v) is 7.37. The number of benzene rings is 1. The molecule has 2 aliphatic rings. The molecule has 1 aliphatic carbocycles. The van der Waals surface area contributed by atoms with E-state index in [2.05, 4.69) is 10.2 Å². The van der Waals surface area contributed by atoms with E-state index in [1.54, 1.807) is 35.3 Å². The lowest BCUT2D eigenvalue weighted by molar-refractivity contribution is -0.114. The number of hydrogen-bond donors (Lipinski definition) is 1. The first-order valence-corrected chi connectivity index (χ1v) is 12.1. The molecule has 0 saturated carbocycles. The average Bonchev–Trinajstić information content (AvgIpc) is 3.12. The van der Waals surface area contributed by atoms with Gasteiger partial charge in [0.1, 0.15) is 10.8 Å². The van der Waals surface area contributed by atoms with Crippen molar-refractivity contribution in [1.29, 1.82) is 0 Å². The van der Waals surface area contributed by atoms with Crippen molar-refractivity contribution in [3.05, 3.63) is 51.7 Å². The summed E-state index contributed by atoms with van der Waals surface area (Å²) in [5.41, 5.74) is 3.26. The molecule has 1 N–H and O–H groups in total. The summed E-state index contributed by atoms with van der Waals surface area (Å²) in [5.74, 6) is -0.377. The summed E-state index contributed by atoms with van der Waals surface area (Å²) in [6, 6.07) is 6.55. The van der Waals surface area contributed by atoms with Gasteiger partial charge in [0, 0.05) is 43.5 Å². The molecule has 1 aromatic carbocycles. The van der Waals surface area contributed by atoms with Crippen LogP contribution in [0.4, 0.5) is 14.2 Å². The highest BCUT2D eigenvalue weighted by Crippen LogP contribution is 2.45. The van der Waals surface area contributed by atoms with Crippen LogP contribution in [-0.2, 0) is 22.4 Å². The molecule has 172 valence electrons. The summed E-state index contributed by atoms with van der Waals surface area (Å²) in [5, 5.41) is 3.92. The zero-order chi connectivity index (χ0) is 22.7. The van der Waals surface area contributed by atoms with E-state index in [0.29, 0.717) is 32.8 Å². The summed E-state index contributed by atoms with van der Waals surface area (Å²) in [7, 11) is 0. The number of carbonyl (C=O) groups excluding carboxylic acids is 2. The number of rotatable bonds is 5. The minimum Gasteiger partial charge on any atom is -0.450 e. The van der Waals surface area contributed by atoms with Crippen LogP contribution >= 0.6 is 11.3 Å².